The van der Waals surface area contributed by atoms with Gasteiger partial charge >= 0.3 is 0 Å². The van der Waals surface area contributed by atoms with Crippen LogP contribution in [0.1, 0.15) is 31.0 Å². The average Bonchev–Trinajstić information content (AvgIpc) is 2.48. The van der Waals surface area contributed by atoms with Gasteiger partial charge in [-0.3, -0.25) is 0 Å². The number of methoxy groups -OCH3 is 1. The van der Waals surface area contributed by atoms with Gasteiger partial charge in [0.05, 0.1) is 7.11 Å². The van der Waals surface area contributed by atoms with Gasteiger partial charge < -0.3 is 10.1 Å². The Morgan fingerprint density at radius 3 is 2.33 bits per heavy atom. The molecule has 0 amide bonds. The summed E-state index contributed by atoms with van der Waals surface area (Å²) in [4.78, 5) is 0. The molecule has 2 rings (SSSR count). The van der Waals surface area contributed by atoms with E-state index in [4.69, 9.17) is 4.74 Å². The Hall–Kier alpha value is -1.32. The number of nitrogens with one attached hydrogen (secondary N) is 1. The van der Waals surface area contributed by atoms with Gasteiger partial charge in [0.25, 0.3) is 0 Å². The molecule has 0 saturated carbocycles. The highest BCUT2D eigenvalue weighted by molar-refractivity contribution is 9.10. The van der Waals surface area contributed by atoms with Crippen molar-refractivity contribution in [1.82, 2.24) is 5.32 Å². The summed E-state index contributed by atoms with van der Waals surface area (Å²) in [5, 5.41) is 3.65. The van der Waals surface area contributed by atoms with E-state index in [-0.39, 0.29) is 0 Å². The first-order chi connectivity index (χ1) is 10.1. The summed E-state index contributed by atoms with van der Waals surface area (Å²) in [6, 6.07) is 17.4. The Kier molecular flexibility index (Phi) is 5.83. The van der Waals surface area contributed by atoms with Gasteiger partial charge in [0.15, 0.2) is 0 Å². The van der Waals surface area contributed by atoms with Crippen molar-refractivity contribution in [2.24, 2.45) is 0 Å². The van der Waals surface area contributed by atoms with E-state index in [1.54, 1.807) is 7.11 Å². The van der Waals surface area contributed by atoms with Gasteiger partial charge in [-0.2, -0.15) is 0 Å². The second kappa shape index (κ2) is 7.62. The monoisotopic (exact) mass is 347 g/mol. The van der Waals surface area contributed by atoms with Crippen LogP contribution in [0.15, 0.2) is 53.0 Å². The molecule has 1 unspecified atom stereocenters. The number of rotatable bonds is 6. The standard InChI is InChI=1S/C18H22BrNO/c1-13(12-15-8-10-16(21-3)11-9-15)20-14(2)17-6-4-5-7-18(17)19/h4-11,13-14,20H,12H2,1-3H3/t13?,14-/m0/s1. The van der Waals surface area contributed by atoms with Crippen LogP contribution in [-0.2, 0) is 6.42 Å². The summed E-state index contributed by atoms with van der Waals surface area (Å²) < 4.78 is 6.34. The minimum atomic E-state index is 0.314. The molecule has 112 valence electrons. The van der Waals surface area contributed by atoms with Crippen molar-refractivity contribution < 1.29 is 4.74 Å². The van der Waals surface area contributed by atoms with Crippen LogP contribution in [0.5, 0.6) is 5.75 Å². The van der Waals surface area contributed by atoms with E-state index in [0.717, 1.165) is 16.6 Å². The second-order valence-corrected chi connectivity index (χ2v) is 6.22. The average molecular weight is 348 g/mol. The predicted octanol–water partition coefficient (Wildman–Crippen LogP) is 4.74. The van der Waals surface area contributed by atoms with Gasteiger partial charge in [0.2, 0.25) is 0 Å². The molecule has 0 aliphatic rings. The SMILES string of the molecule is COc1ccc(CC(C)N[C@@H](C)c2ccccc2Br)cc1. The first-order valence-electron chi connectivity index (χ1n) is 7.23. The zero-order valence-electron chi connectivity index (χ0n) is 12.8. The zero-order chi connectivity index (χ0) is 15.2. The largest absolute Gasteiger partial charge is 0.497 e. The lowest BCUT2D eigenvalue weighted by atomic mass is 10.0. The quantitative estimate of drug-likeness (QED) is 0.814. The highest BCUT2D eigenvalue weighted by Gasteiger charge is 2.12. The minimum absolute atomic E-state index is 0.314. The van der Waals surface area contributed by atoms with Crippen molar-refractivity contribution in [2.75, 3.05) is 7.11 Å². The van der Waals surface area contributed by atoms with Gasteiger partial charge in [0, 0.05) is 16.6 Å². The number of ether oxygens (including phenoxy) is 1. The van der Waals surface area contributed by atoms with E-state index in [1.807, 2.05) is 18.2 Å². The van der Waals surface area contributed by atoms with Gasteiger partial charge in [-0.25, -0.2) is 0 Å². The van der Waals surface area contributed by atoms with Crippen molar-refractivity contribution in [2.45, 2.75) is 32.4 Å². The fourth-order valence-electron chi connectivity index (χ4n) is 2.52. The zero-order valence-corrected chi connectivity index (χ0v) is 14.4. The molecule has 0 aromatic heterocycles. The number of benzene rings is 2. The molecule has 0 fully saturated rings. The fourth-order valence-corrected chi connectivity index (χ4v) is 3.15. The van der Waals surface area contributed by atoms with E-state index < -0.39 is 0 Å². The van der Waals surface area contributed by atoms with Gasteiger partial charge in [-0.05, 0) is 49.6 Å². The molecule has 0 bridgehead atoms. The molecule has 2 aromatic rings. The summed E-state index contributed by atoms with van der Waals surface area (Å²) in [5.41, 5.74) is 2.61. The van der Waals surface area contributed by atoms with Crippen molar-refractivity contribution >= 4 is 15.9 Å². The maximum absolute atomic E-state index is 5.19. The van der Waals surface area contributed by atoms with Gasteiger partial charge in [0.1, 0.15) is 5.75 Å². The van der Waals surface area contributed by atoms with E-state index in [1.165, 1.54) is 11.1 Å². The third-order valence-corrected chi connectivity index (χ3v) is 4.33. The van der Waals surface area contributed by atoms with Crippen LogP contribution in [-0.4, -0.2) is 13.2 Å². The molecule has 0 aliphatic carbocycles. The normalized spacial score (nSPS) is 13.7. The van der Waals surface area contributed by atoms with Crippen molar-refractivity contribution in [3.05, 3.63) is 64.1 Å². The maximum Gasteiger partial charge on any atom is 0.118 e. The molecule has 1 N–H and O–H groups in total. The first-order valence-corrected chi connectivity index (χ1v) is 8.03. The lowest BCUT2D eigenvalue weighted by molar-refractivity contribution is 0.414. The van der Waals surface area contributed by atoms with E-state index in [2.05, 4.69) is 65.4 Å². The molecule has 0 aliphatic heterocycles. The van der Waals surface area contributed by atoms with Crippen LogP contribution >= 0.6 is 15.9 Å². The van der Waals surface area contributed by atoms with Crippen LogP contribution < -0.4 is 10.1 Å². The summed E-state index contributed by atoms with van der Waals surface area (Å²) in [5.74, 6) is 0.904. The third-order valence-electron chi connectivity index (χ3n) is 3.61. The Morgan fingerprint density at radius 2 is 1.71 bits per heavy atom. The Bertz CT molecular complexity index is 568. The highest BCUT2D eigenvalue weighted by Crippen LogP contribution is 2.23. The molecule has 2 aromatic carbocycles. The van der Waals surface area contributed by atoms with Crippen LogP contribution in [0.4, 0.5) is 0 Å². The van der Waals surface area contributed by atoms with Crippen molar-refractivity contribution in [3.8, 4) is 5.75 Å². The number of hydrogen-bond acceptors (Lipinski definition) is 2. The van der Waals surface area contributed by atoms with Gasteiger partial charge in [-0.15, -0.1) is 0 Å². The van der Waals surface area contributed by atoms with Crippen LogP contribution in [0.25, 0.3) is 0 Å². The smallest absolute Gasteiger partial charge is 0.118 e. The molecule has 0 saturated heterocycles. The predicted molar refractivity (Wildman–Crippen MR) is 91.9 cm³/mol. The van der Waals surface area contributed by atoms with E-state index in [9.17, 15) is 0 Å². The summed E-state index contributed by atoms with van der Waals surface area (Å²) in [7, 11) is 1.69. The second-order valence-electron chi connectivity index (χ2n) is 5.36. The van der Waals surface area contributed by atoms with Crippen molar-refractivity contribution in [3.63, 3.8) is 0 Å². The molecule has 21 heavy (non-hydrogen) atoms. The molecule has 2 nitrogen and oxygen atoms in total. The first kappa shape index (κ1) is 16.1. The third kappa shape index (κ3) is 4.58. The molecular weight excluding hydrogens is 326 g/mol. The molecule has 0 spiro atoms. The Labute approximate surface area is 135 Å². The Morgan fingerprint density at radius 1 is 1.05 bits per heavy atom. The lowest BCUT2D eigenvalue weighted by Gasteiger charge is -2.21. The summed E-state index contributed by atoms with van der Waals surface area (Å²) in [6.07, 6.45) is 0.999. The maximum atomic E-state index is 5.19. The summed E-state index contributed by atoms with van der Waals surface area (Å²) >= 11 is 3.62. The number of halogens is 1. The molecule has 2 atom stereocenters. The Balaban J connectivity index is 1.94. The molecular formula is C18H22BrNO. The van der Waals surface area contributed by atoms with E-state index >= 15 is 0 Å². The molecule has 0 heterocycles. The topological polar surface area (TPSA) is 21.3 Å². The summed E-state index contributed by atoms with van der Waals surface area (Å²) in [6.45, 7) is 4.42. The minimum Gasteiger partial charge on any atom is -0.497 e. The fraction of sp³-hybridized carbons (Fsp3) is 0.333. The van der Waals surface area contributed by atoms with Crippen molar-refractivity contribution in [1.29, 1.82) is 0 Å². The lowest BCUT2D eigenvalue weighted by Crippen LogP contribution is -2.30. The van der Waals surface area contributed by atoms with E-state index in [0.29, 0.717) is 12.1 Å². The van der Waals surface area contributed by atoms with Crippen LogP contribution in [0.2, 0.25) is 0 Å². The number of hydrogen-bond donors (Lipinski definition) is 1. The van der Waals surface area contributed by atoms with Crippen LogP contribution in [0.3, 0.4) is 0 Å². The molecule has 3 heteroatoms. The highest BCUT2D eigenvalue weighted by atomic mass is 79.9. The van der Waals surface area contributed by atoms with Gasteiger partial charge in [-0.1, -0.05) is 46.3 Å². The molecule has 0 radical (unpaired) electrons. The van der Waals surface area contributed by atoms with Crippen LogP contribution in [0, 0.1) is 0 Å².